The third kappa shape index (κ3) is 3.24. The van der Waals surface area contributed by atoms with Gasteiger partial charge in [0.1, 0.15) is 0 Å². The number of aliphatic carboxylic acids is 1. The molecule has 1 aromatic rings. The van der Waals surface area contributed by atoms with E-state index in [1.807, 2.05) is 42.9 Å². The highest BCUT2D eigenvalue weighted by atomic mass is 16.4. The lowest BCUT2D eigenvalue weighted by Gasteiger charge is -2.15. The summed E-state index contributed by atoms with van der Waals surface area (Å²) in [5, 5.41) is 9.01. The van der Waals surface area contributed by atoms with Crippen molar-refractivity contribution in [3.8, 4) is 0 Å². The minimum atomic E-state index is -0.701. The lowest BCUT2D eigenvalue weighted by atomic mass is 9.97. The van der Waals surface area contributed by atoms with Crippen LogP contribution < -0.4 is 0 Å². The van der Waals surface area contributed by atoms with Gasteiger partial charge in [-0.3, -0.25) is 4.79 Å². The van der Waals surface area contributed by atoms with Gasteiger partial charge < -0.3 is 9.67 Å². The van der Waals surface area contributed by atoms with Crippen molar-refractivity contribution in [2.24, 2.45) is 11.8 Å². The second-order valence-corrected chi connectivity index (χ2v) is 4.04. The van der Waals surface area contributed by atoms with Crippen molar-refractivity contribution in [2.45, 2.75) is 26.8 Å². The van der Waals surface area contributed by atoms with E-state index in [-0.39, 0.29) is 5.92 Å². The summed E-state index contributed by atoms with van der Waals surface area (Å²) in [5.41, 5.74) is 0. The molecule has 0 aromatic carbocycles. The summed E-state index contributed by atoms with van der Waals surface area (Å²) in [4.78, 5) is 10.9. The first kappa shape index (κ1) is 10.8. The predicted molar refractivity (Wildman–Crippen MR) is 55.0 cm³/mol. The van der Waals surface area contributed by atoms with Crippen LogP contribution in [0.2, 0.25) is 0 Å². The Labute approximate surface area is 84.4 Å². The molecule has 0 fully saturated rings. The molecular weight excluding hydrogens is 178 g/mol. The molecule has 1 heterocycles. The molecule has 0 radical (unpaired) electrons. The molecular formula is C11H17NO2. The van der Waals surface area contributed by atoms with Crippen LogP contribution in [-0.2, 0) is 11.3 Å². The molecule has 0 amide bonds. The van der Waals surface area contributed by atoms with Crippen LogP contribution in [0.1, 0.15) is 20.3 Å². The lowest BCUT2D eigenvalue weighted by molar-refractivity contribution is -0.142. The SMILES string of the molecule is CC(C)CC(Cn1cccc1)C(=O)O. The smallest absolute Gasteiger partial charge is 0.308 e. The minimum Gasteiger partial charge on any atom is -0.481 e. The maximum atomic E-state index is 10.9. The molecule has 0 bridgehead atoms. The van der Waals surface area contributed by atoms with Gasteiger partial charge in [0.15, 0.2) is 0 Å². The van der Waals surface area contributed by atoms with E-state index >= 15 is 0 Å². The fourth-order valence-corrected chi connectivity index (χ4v) is 1.57. The topological polar surface area (TPSA) is 42.2 Å². The normalized spacial score (nSPS) is 13.1. The largest absolute Gasteiger partial charge is 0.481 e. The van der Waals surface area contributed by atoms with Gasteiger partial charge in [-0.15, -0.1) is 0 Å². The first-order valence-electron chi connectivity index (χ1n) is 4.93. The highest BCUT2D eigenvalue weighted by Gasteiger charge is 2.18. The van der Waals surface area contributed by atoms with Crippen molar-refractivity contribution >= 4 is 5.97 Å². The fourth-order valence-electron chi connectivity index (χ4n) is 1.57. The Hall–Kier alpha value is -1.25. The van der Waals surface area contributed by atoms with Gasteiger partial charge in [-0.2, -0.15) is 0 Å². The summed E-state index contributed by atoms with van der Waals surface area (Å²) >= 11 is 0. The first-order valence-corrected chi connectivity index (χ1v) is 4.93. The van der Waals surface area contributed by atoms with E-state index < -0.39 is 5.97 Å². The Morgan fingerprint density at radius 1 is 1.36 bits per heavy atom. The third-order valence-electron chi connectivity index (χ3n) is 2.20. The number of hydrogen-bond donors (Lipinski definition) is 1. The molecule has 0 spiro atoms. The molecule has 1 rings (SSSR count). The number of rotatable bonds is 5. The maximum absolute atomic E-state index is 10.9. The van der Waals surface area contributed by atoms with Crippen LogP contribution in [0.5, 0.6) is 0 Å². The van der Waals surface area contributed by atoms with Crippen LogP contribution in [-0.4, -0.2) is 15.6 Å². The summed E-state index contributed by atoms with van der Waals surface area (Å²) in [6.07, 6.45) is 4.53. The van der Waals surface area contributed by atoms with Crippen molar-refractivity contribution in [3.63, 3.8) is 0 Å². The van der Waals surface area contributed by atoms with E-state index in [0.717, 1.165) is 6.42 Å². The van der Waals surface area contributed by atoms with Gasteiger partial charge in [-0.25, -0.2) is 0 Å². The van der Waals surface area contributed by atoms with Gasteiger partial charge in [0, 0.05) is 18.9 Å². The van der Waals surface area contributed by atoms with Gasteiger partial charge >= 0.3 is 5.97 Å². The predicted octanol–water partition coefficient (Wildman–Crippen LogP) is 2.23. The zero-order chi connectivity index (χ0) is 10.6. The molecule has 1 aromatic heterocycles. The van der Waals surface area contributed by atoms with Crippen molar-refractivity contribution in [3.05, 3.63) is 24.5 Å². The van der Waals surface area contributed by atoms with Crippen LogP contribution in [0.3, 0.4) is 0 Å². The highest BCUT2D eigenvalue weighted by molar-refractivity contribution is 5.69. The molecule has 0 aliphatic rings. The average molecular weight is 195 g/mol. The second-order valence-electron chi connectivity index (χ2n) is 4.04. The van der Waals surface area contributed by atoms with Crippen LogP contribution in [0.15, 0.2) is 24.5 Å². The van der Waals surface area contributed by atoms with E-state index in [0.29, 0.717) is 12.5 Å². The molecule has 1 atom stereocenters. The van der Waals surface area contributed by atoms with Crippen LogP contribution in [0, 0.1) is 11.8 Å². The number of aromatic nitrogens is 1. The summed E-state index contributed by atoms with van der Waals surface area (Å²) in [5.74, 6) is -0.554. The molecule has 78 valence electrons. The zero-order valence-corrected chi connectivity index (χ0v) is 8.68. The summed E-state index contributed by atoms with van der Waals surface area (Å²) < 4.78 is 1.92. The number of carboxylic acids is 1. The van der Waals surface area contributed by atoms with Gasteiger partial charge in [-0.05, 0) is 24.5 Å². The van der Waals surface area contributed by atoms with Gasteiger partial charge in [0.25, 0.3) is 0 Å². The molecule has 3 heteroatoms. The highest BCUT2D eigenvalue weighted by Crippen LogP contribution is 2.14. The number of carboxylic acid groups (broad SMARTS) is 1. The molecule has 1 unspecified atom stereocenters. The fraction of sp³-hybridized carbons (Fsp3) is 0.545. The number of hydrogen-bond acceptors (Lipinski definition) is 1. The second kappa shape index (κ2) is 4.84. The Balaban J connectivity index is 2.56. The van der Waals surface area contributed by atoms with E-state index in [2.05, 4.69) is 0 Å². The molecule has 0 saturated carbocycles. The summed E-state index contributed by atoms with van der Waals surface area (Å²) in [6, 6.07) is 3.82. The quantitative estimate of drug-likeness (QED) is 0.782. The zero-order valence-electron chi connectivity index (χ0n) is 8.68. The molecule has 1 N–H and O–H groups in total. The van der Waals surface area contributed by atoms with Gasteiger partial charge in [0.2, 0.25) is 0 Å². The van der Waals surface area contributed by atoms with E-state index in [1.165, 1.54) is 0 Å². The first-order chi connectivity index (χ1) is 6.59. The molecule has 3 nitrogen and oxygen atoms in total. The monoisotopic (exact) mass is 195 g/mol. The third-order valence-corrected chi connectivity index (χ3v) is 2.20. The summed E-state index contributed by atoms with van der Waals surface area (Å²) in [6.45, 7) is 4.66. The minimum absolute atomic E-state index is 0.276. The van der Waals surface area contributed by atoms with Gasteiger partial charge in [-0.1, -0.05) is 13.8 Å². The Bertz CT molecular complexity index is 277. The molecule has 0 aliphatic carbocycles. The lowest BCUT2D eigenvalue weighted by Crippen LogP contribution is -2.21. The van der Waals surface area contributed by atoms with Crippen molar-refractivity contribution in [1.82, 2.24) is 4.57 Å². The molecule has 0 aliphatic heterocycles. The van der Waals surface area contributed by atoms with Crippen LogP contribution in [0.4, 0.5) is 0 Å². The van der Waals surface area contributed by atoms with E-state index in [9.17, 15) is 4.79 Å². The van der Waals surface area contributed by atoms with Crippen molar-refractivity contribution in [1.29, 1.82) is 0 Å². The Morgan fingerprint density at radius 3 is 2.36 bits per heavy atom. The van der Waals surface area contributed by atoms with Crippen molar-refractivity contribution in [2.75, 3.05) is 0 Å². The average Bonchev–Trinajstić information content (AvgIpc) is 2.54. The van der Waals surface area contributed by atoms with Gasteiger partial charge in [0.05, 0.1) is 5.92 Å². The van der Waals surface area contributed by atoms with Crippen LogP contribution >= 0.6 is 0 Å². The van der Waals surface area contributed by atoms with Crippen molar-refractivity contribution < 1.29 is 9.90 Å². The molecule has 14 heavy (non-hydrogen) atoms. The summed E-state index contributed by atoms with van der Waals surface area (Å²) in [7, 11) is 0. The number of carbonyl (C=O) groups is 1. The maximum Gasteiger partial charge on any atom is 0.308 e. The Morgan fingerprint density at radius 2 is 1.93 bits per heavy atom. The van der Waals surface area contributed by atoms with E-state index in [1.54, 1.807) is 0 Å². The molecule has 0 saturated heterocycles. The van der Waals surface area contributed by atoms with E-state index in [4.69, 9.17) is 5.11 Å². The Kier molecular flexibility index (Phi) is 3.74. The van der Waals surface area contributed by atoms with Crippen LogP contribution in [0.25, 0.3) is 0 Å². The number of nitrogens with zero attached hydrogens (tertiary/aromatic N) is 1. The standard InChI is InChI=1S/C11H17NO2/c1-9(2)7-10(11(13)14)8-12-5-3-4-6-12/h3-6,9-10H,7-8H2,1-2H3,(H,13,14).